The van der Waals surface area contributed by atoms with E-state index in [1.807, 2.05) is 18.2 Å². The summed E-state index contributed by atoms with van der Waals surface area (Å²) in [5.74, 6) is 1.75. The summed E-state index contributed by atoms with van der Waals surface area (Å²) < 4.78 is 17.4. The van der Waals surface area contributed by atoms with Crippen molar-refractivity contribution in [3.05, 3.63) is 30.0 Å². The number of para-hydroxylation sites is 1. The number of nitrogens with zero attached hydrogens (tertiary/aromatic N) is 2. The third-order valence-corrected chi connectivity index (χ3v) is 7.03. The monoisotopic (exact) mass is 469 g/mol. The smallest absolute Gasteiger partial charge is 0.270 e. The largest absolute Gasteiger partial charge is 0.491 e. The molecule has 4 rings (SSSR count). The van der Waals surface area contributed by atoms with Gasteiger partial charge >= 0.3 is 0 Å². The number of carbonyl (C=O) groups excluding carboxylic acids is 1. The number of hydrogen-bond acceptors (Lipinski definition) is 6. The maximum absolute atomic E-state index is 13.2. The van der Waals surface area contributed by atoms with Gasteiger partial charge in [-0.2, -0.15) is 0 Å². The fourth-order valence-electron chi connectivity index (χ4n) is 4.97. The van der Waals surface area contributed by atoms with Gasteiger partial charge in [0.15, 0.2) is 0 Å². The SMILES string of the molecule is COCCOc1cc(C(=O)N[C@H]2CCN(C(C)C)C2)nc2c(OCC3CCCCC3)cccc12. The van der Waals surface area contributed by atoms with Crippen molar-refractivity contribution in [1.82, 2.24) is 15.2 Å². The standard InChI is InChI=1S/C27H39N3O4/c1-19(2)30-13-12-21(17-30)28-27(31)23-16-25(33-15-14-32-3)22-10-7-11-24(26(22)29-23)34-18-20-8-5-4-6-9-20/h7,10-11,16,19-21H,4-6,8-9,12-15,17-18H2,1-3H3,(H,28,31)/t21-/m0/s1. The first-order valence-corrected chi connectivity index (χ1v) is 12.8. The van der Waals surface area contributed by atoms with Gasteiger partial charge in [0.25, 0.3) is 5.91 Å². The molecular weight excluding hydrogens is 430 g/mol. The normalized spacial score (nSPS) is 19.6. The van der Waals surface area contributed by atoms with Crippen LogP contribution in [0.4, 0.5) is 0 Å². The highest BCUT2D eigenvalue weighted by Gasteiger charge is 2.26. The molecule has 1 saturated heterocycles. The van der Waals surface area contributed by atoms with Crippen LogP contribution in [0.5, 0.6) is 11.5 Å². The van der Waals surface area contributed by atoms with Crippen LogP contribution in [0.15, 0.2) is 24.3 Å². The fourth-order valence-corrected chi connectivity index (χ4v) is 4.97. The summed E-state index contributed by atoms with van der Waals surface area (Å²) in [5, 5.41) is 4.03. The van der Waals surface area contributed by atoms with Crippen LogP contribution in [0, 0.1) is 5.92 Å². The van der Waals surface area contributed by atoms with Crippen molar-refractivity contribution in [2.75, 3.05) is 40.0 Å². The molecule has 0 spiro atoms. The minimum Gasteiger partial charge on any atom is -0.491 e. The number of benzene rings is 1. The molecule has 1 aliphatic carbocycles. The molecule has 2 fully saturated rings. The Bertz CT molecular complexity index is 958. The van der Waals surface area contributed by atoms with Crippen LogP contribution >= 0.6 is 0 Å². The summed E-state index contributed by atoms with van der Waals surface area (Å²) in [6.45, 7) is 7.79. The van der Waals surface area contributed by atoms with E-state index in [0.717, 1.165) is 24.9 Å². The van der Waals surface area contributed by atoms with Crippen molar-refractivity contribution < 1.29 is 19.0 Å². The van der Waals surface area contributed by atoms with E-state index in [4.69, 9.17) is 19.2 Å². The minimum atomic E-state index is -0.170. The zero-order valence-electron chi connectivity index (χ0n) is 20.8. The summed E-state index contributed by atoms with van der Waals surface area (Å²) >= 11 is 0. The Labute approximate surface area is 203 Å². The van der Waals surface area contributed by atoms with E-state index in [-0.39, 0.29) is 11.9 Å². The molecule has 1 N–H and O–H groups in total. The quantitative estimate of drug-likeness (QED) is 0.519. The first-order valence-electron chi connectivity index (χ1n) is 12.8. The van der Waals surface area contributed by atoms with Crippen molar-refractivity contribution in [3.63, 3.8) is 0 Å². The zero-order chi connectivity index (χ0) is 23.9. The van der Waals surface area contributed by atoms with E-state index < -0.39 is 0 Å². The second-order valence-corrected chi connectivity index (χ2v) is 9.86. The number of aromatic nitrogens is 1. The number of rotatable bonds is 10. The Morgan fingerprint density at radius 2 is 1.94 bits per heavy atom. The van der Waals surface area contributed by atoms with E-state index in [2.05, 4.69) is 24.1 Å². The molecule has 1 aromatic carbocycles. The highest BCUT2D eigenvalue weighted by atomic mass is 16.5. The average Bonchev–Trinajstić information content (AvgIpc) is 3.32. The number of nitrogens with one attached hydrogen (secondary N) is 1. The maximum atomic E-state index is 13.2. The van der Waals surface area contributed by atoms with Gasteiger partial charge in [-0.15, -0.1) is 0 Å². The van der Waals surface area contributed by atoms with Crippen LogP contribution < -0.4 is 14.8 Å². The minimum absolute atomic E-state index is 0.128. The van der Waals surface area contributed by atoms with Gasteiger partial charge in [0.2, 0.25) is 0 Å². The number of ether oxygens (including phenoxy) is 3. The molecule has 1 aliphatic heterocycles. The molecule has 0 radical (unpaired) electrons. The Balaban J connectivity index is 1.56. The topological polar surface area (TPSA) is 72.9 Å². The number of fused-ring (bicyclic) bond motifs is 1. The predicted molar refractivity (Wildman–Crippen MR) is 134 cm³/mol. The van der Waals surface area contributed by atoms with Gasteiger partial charge in [-0.3, -0.25) is 9.69 Å². The van der Waals surface area contributed by atoms with Crippen molar-refractivity contribution >= 4 is 16.8 Å². The average molecular weight is 470 g/mol. The summed E-state index contributed by atoms with van der Waals surface area (Å²) in [7, 11) is 1.64. The molecule has 1 atom stereocenters. The molecule has 2 aliphatic rings. The van der Waals surface area contributed by atoms with Gasteiger partial charge in [0, 0.05) is 43.7 Å². The van der Waals surface area contributed by atoms with Crippen LogP contribution in [0.2, 0.25) is 0 Å². The first kappa shape index (κ1) is 24.7. The van der Waals surface area contributed by atoms with Gasteiger partial charge in [-0.25, -0.2) is 4.98 Å². The van der Waals surface area contributed by atoms with Gasteiger partial charge in [-0.1, -0.05) is 25.3 Å². The van der Waals surface area contributed by atoms with Gasteiger partial charge in [0.1, 0.15) is 29.3 Å². The third-order valence-electron chi connectivity index (χ3n) is 7.03. The lowest BCUT2D eigenvalue weighted by Crippen LogP contribution is -2.38. The second kappa shape index (κ2) is 11.8. The number of carbonyl (C=O) groups is 1. The van der Waals surface area contributed by atoms with Gasteiger partial charge in [0.05, 0.1) is 13.2 Å². The fraction of sp³-hybridized carbons (Fsp3) is 0.630. The molecule has 0 bridgehead atoms. The van der Waals surface area contributed by atoms with E-state index >= 15 is 0 Å². The Hall–Kier alpha value is -2.38. The van der Waals surface area contributed by atoms with E-state index in [0.29, 0.717) is 54.5 Å². The maximum Gasteiger partial charge on any atom is 0.270 e. The summed E-state index contributed by atoms with van der Waals surface area (Å²) in [6.07, 6.45) is 7.25. The number of amides is 1. The first-order chi connectivity index (χ1) is 16.5. The van der Waals surface area contributed by atoms with Crippen LogP contribution in [0.3, 0.4) is 0 Å². The molecule has 2 heterocycles. The summed E-state index contributed by atoms with van der Waals surface area (Å²) in [6, 6.07) is 8.22. The lowest BCUT2D eigenvalue weighted by atomic mass is 9.90. The molecule has 1 aromatic heterocycles. The van der Waals surface area contributed by atoms with Gasteiger partial charge < -0.3 is 19.5 Å². The number of pyridine rings is 1. The van der Waals surface area contributed by atoms with Crippen molar-refractivity contribution in [1.29, 1.82) is 0 Å². The summed E-state index contributed by atoms with van der Waals surface area (Å²) in [4.78, 5) is 20.4. The zero-order valence-corrected chi connectivity index (χ0v) is 20.8. The Kier molecular flexibility index (Phi) is 8.62. The number of likely N-dealkylation sites (tertiary alicyclic amines) is 1. The third kappa shape index (κ3) is 6.19. The summed E-state index contributed by atoms with van der Waals surface area (Å²) in [5.41, 5.74) is 1.03. The highest BCUT2D eigenvalue weighted by molar-refractivity contribution is 5.98. The van der Waals surface area contributed by atoms with E-state index in [1.165, 1.54) is 32.1 Å². The van der Waals surface area contributed by atoms with Crippen LogP contribution in [-0.4, -0.2) is 67.9 Å². The van der Waals surface area contributed by atoms with E-state index in [1.54, 1.807) is 13.2 Å². The van der Waals surface area contributed by atoms with Gasteiger partial charge in [-0.05, 0) is 51.2 Å². The molecule has 7 heteroatoms. The highest BCUT2D eigenvalue weighted by Crippen LogP contribution is 2.33. The lowest BCUT2D eigenvalue weighted by Gasteiger charge is -2.22. The van der Waals surface area contributed by atoms with Crippen LogP contribution in [0.1, 0.15) is 62.9 Å². The number of methoxy groups -OCH3 is 1. The molecule has 7 nitrogen and oxygen atoms in total. The predicted octanol–water partition coefficient (Wildman–Crippen LogP) is 4.43. The molecule has 0 unspecified atom stereocenters. The molecular formula is C27H39N3O4. The number of hydrogen-bond donors (Lipinski definition) is 1. The molecule has 186 valence electrons. The van der Waals surface area contributed by atoms with Crippen molar-refractivity contribution in [2.45, 2.75) is 64.5 Å². The van der Waals surface area contributed by atoms with E-state index in [9.17, 15) is 4.79 Å². The molecule has 1 amide bonds. The Morgan fingerprint density at radius 1 is 1.12 bits per heavy atom. The second-order valence-electron chi connectivity index (χ2n) is 9.86. The van der Waals surface area contributed by atoms with Crippen LogP contribution in [0.25, 0.3) is 10.9 Å². The van der Waals surface area contributed by atoms with Crippen LogP contribution in [-0.2, 0) is 4.74 Å². The van der Waals surface area contributed by atoms with Crippen molar-refractivity contribution in [2.24, 2.45) is 5.92 Å². The lowest BCUT2D eigenvalue weighted by molar-refractivity contribution is 0.0931. The molecule has 34 heavy (non-hydrogen) atoms. The molecule has 1 saturated carbocycles. The Morgan fingerprint density at radius 3 is 2.68 bits per heavy atom. The molecule has 2 aromatic rings. The van der Waals surface area contributed by atoms with Crippen molar-refractivity contribution in [3.8, 4) is 11.5 Å².